The molecule has 2 amide bonds. The van der Waals surface area contributed by atoms with Crippen molar-refractivity contribution in [2.45, 2.75) is 31.5 Å². The molecule has 3 N–H and O–H groups in total. The number of amides is 2. The van der Waals surface area contributed by atoms with E-state index >= 15 is 0 Å². The highest BCUT2D eigenvalue weighted by atomic mass is 16.4. The summed E-state index contributed by atoms with van der Waals surface area (Å²) in [6.45, 7) is 0.0211. The van der Waals surface area contributed by atoms with Gasteiger partial charge in [0.2, 0.25) is 0 Å². The molecule has 1 heterocycles. The number of hydrogen-bond donors (Lipinski definition) is 3. The van der Waals surface area contributed by atoms with E-state index in [0.717, 1.165) is 4.90 Å². The normalized spacial score (nSPS) is 16.5. The predicted octanol–water partition coefficient (Wildman–Crippen LogP) is 0.259. The Bertz CT molecular complexity index is 564. The van der Waals surface area contributed by atoms with Crippen LogP contribution in [0.2, 0.25) is 0 Å². The van der Waals surface area contributed by atoms with E-state index in [1.54, 1.807) is 24.3 Å². The summed E-state index contributed by atoms with van der Waals surface area (Å²) in [7, 11) is 0. The van der Waals surface area contributed by atoms with Gasteiger partial charge in [0.05, 0.1) is 29.8 Å². The zero-order valence-electron chi connectivity index (χ0n) is 11.8. The maximum atomic E-state index is 12.1. The summed E-state index contributed by atoms with van der Waals surface area (Å²) in [6.07, 6.45) is -2.63. The van der Waals surface area contributed by atoms with E-state index < -0.39 is 36.4 Å². The number of carbonyl (C=O) groups excluding carboxylic acids is 2. The van der Waals surface area contributed by atoms with Crippen LogP contribution in [0.15, 0.2) is 24.3 Å². The minimum Gasteiger partial charge on any atom is -0.481 e. The summed E-state index contributed by atoms with van der Waals surface area (Å²) in [5.41, 5.74) is 0.681. The van der Waals surface area contributed by atoms with Gasteiger partial charge in [-0.3, -0.25) is 19.3 Å². The number of imide groups is 1. The molecular formula is C15H17NO6. The van der Waals surface area contributed by atoms with Crippen molar-refractivity contribution < 1.29 is 29.7 Å². The van der Waals surface area contributed by atoms with Crippen molar-refractivity contribution in [1.29, 1.82) is 0 Å². The van der Waals surface area contributed by atoms with Gasteiger partial charge in [0.25, 0.3) is 11.8 Å². The first-order chi connectivity index (χ1) is 10.4. The standard InChI is InChI=1S/C15H17NO6/c17-9(7-10(18)8-13(19)20)5-6-16-14(21)11-3-1-2-4-12(11)15(16)22/h1-4,9-10,17-18H,5-8H2,(H,19,20). The van der Waals surface area contributed by atoms with E-state index in [1.165, 1.54) is 0 Å². The molecule has 0 saturated heterocycles. The quantitative estimate of drug-likeness (QED) is 0.622. The van der Waals surface area contributed by atoms with Crippen LogP contribution in [-0.4, -0.2) is 56.8 Å². The van der Waals surface area contributed by atoms with Crippen molar-refractivity contribution in [1.82, 2.24) is 4.90 Å². The van der Waals surface area contributed by atoms with Gasteiger partial charge >= 0.3 is 5.97 Å². The van der Waals surface area contributed by atoms with Gasteiger partial charge in [-0.05, 0) is 25.0 Å². The molecule has 0 aliphatic carbocycles. The summed E-state index contributed by atoms with van der Waals surface area (Å²) in [5.74, 6) is -1.96. The molecule has 1 aromatic carbocycles. The number of benzene rings is 1. The van der Waals surface area contributed by atoms with Crippen LogP contribution >= 0.6 is 0 Å². The maximum Gasteiger partial charge on any atom is 0.305 e. The summed E-state index contributed by atoms with van der Waals surface area (Å²) in [5, 5.41) is 27.7. The second-order valence-corrected chi connectivity index (χ2v) is 5.24. The average molecular weight is 307 g/mol. The van der Waals surface area contributed by atoms with Gasteiger partial charge < -0.3 is 15.3 Å². The third-order valence-corrected chi connectivity index (χ3v) is 3.52. The minimum absolute atomic E-state index is 0.0211. The summed E-state index contributed by atoms with van der Waals surface area (Å²) < 4.78 is 0. The molecule has 7 nitrogen and oxygen atoms in total. The van der Waals surface area contributed by atoms with Crippen molar-refractivity contribution >= 4 is 17.8 Å². The smallest absolute Gasteiger partial charge is 0.305 e. The number of hydrogen-bond acceptors (Lipinski definition) is 5. The summed E-state index contributed by atoms with van der Waals surface area (Å²) >= 11 is 0. The number of fused-ring (bicyclic) bond motifs is 1. The molecular weight excluding hydrogens is 290 g/mol. The lowest BCUT2D eigenvalue weighted by Gasteiger charge is -2.18. The molecule has 1 aliphatic heterocycles. The van der Waals surface area contributed by atoms with Crippen LogP contribution in [0.4, 0.5) is 0 Å². The van der Waals surface area contributed by atoms with Crippen molar-refractivity contribution in [2.24, 2.45) is 0 Å². The Hall–Kier alpha value is -2.25. The highest BCUT2D eigenvalue weighted by Crippen LogP contribution is 2.23. The molecule has 0 radical (unpaired) electrons. The van der Waals surface area contributed by atoms with Crippen LogP contribution in [0.25, 0.3) is 0 Å². The Labute approximate surface area is 126 Å². The number of carboxylic acid groups (broad SMARTS) is 1. The van der Waals surface area contributed by atoms with Crippen LogP contribution in [0.5, 0.6) is 0 Å². The van der Waals surface area contributed by atoms with E-state index in [4.69, 9.17) is 5.11 Å². The molecule has 118 valence electrons. The van der Waals surface area contributed by atoms with E-state index in [2.05, 4.69) is 0 Å². The third-order valence-electron chi connectivity index (χ3n) is 3.52. The van der Waals surface area contributed by atoms with E-state index in [0.29, 0.717) is 11.1 Å². The second-order valence-electron chi connectivity index (χ2n) is 5.24. The molecule has 0 saturated carbocycles. The van der Waals surface area contributed by atoms with Gasteiger partial charge in [0, 0.05) is 6.54 Å². The first kappa shape index (κ1) is 16.1. The van der Waals surface area contributed by atoms with Gasteiger partial charge in [-0.2, -0.15) is 0 Å². The van der Waals surface area contributed by atoms with Crippen LogP contribution in [0.3, 0.4) is 0 Å². The lowest BCUT2D eigenvalue weighted by atomic mass is 10.1. The van der Waals surface area contributed by atoms with Crippen LogP contribution in [-0.2, 0) is 4.79 Å². The molecule has 0 fully saturated rings. The zero-order valence-corrected chi connectivity index (χ0v) is 11.8. The lowest BCUT2D eigenvalue weighted by Crippen LogP contribution is -2.33. The first-order valence-electron chi connectivity index (χ1n) is 6.93. The third kappa shape index (κ3) is 3.49. The number of nitrogens with zero attached hydrogens (tertiary/aromatic N) is 1. The van der Waals surface area contributed by atoms with Crippen LogP contribution in [0.1, 0.15) is 40.0 Å². The van der Waals surface area contributed by atoms with Gasteiger partial charge in [-0.15, -0.1) is 0 Å². The molecule has 0 spiro atoms. The van der Waals surface area contributed by atoms with E-state index in [1.807, 2.05) is 0 Å². The fourth-order valence-corrected chi connectivity index (χ4v) is 2.44. The molecule has 7 heteroatoms. The SMILES string of the molecule is O=C(O)CC(O)CC(O)CCN1C(=O)c2ccccc2C1=O. The Kier molecular flexibility index (Phi) is 4.89. The van der Waals surface area contributed by atoms with Crippen molar-refractivity contribution in [2.75, 3.05) is 6.54 Å². The Morgan fingerprint density at radius 2 is 1.59 bits per heavy atom. The van der Waals surface area contributed by atoms with Gasteiger partial charge in [-0.1, -0.05) is 12.1 Å². The summed E-state index contributed by atoms with van der Waals surface area (Å²) in [6, 6.07) is 6.49. The molecule has 1 aliphatic rings. The minimum atomic E-state index is -1.16. The Morgan fingerprint density at radius 3 is 2.09 bits per heavy atom. The first-order valence-corrected chi connectivity index (χ1v) is 6.93. The fraction of sp³-hybridized carbons (Fsp3) is 0.400. The number of carbonyl (C=O) groups is 3. The molecule has 1 aromatic rings. The van der Waals surface area contributed by atoms with E-state index in [9.17, 15) is 24.6 Å². The maximum absolute atomic E-state index is 12.1. The average Bonchev–Trinajstić information content (AvgIpc) is 2.68. The molecule has 2 unspecified atom stereocenters. The highest BCUT2D eigenvalue weighted by Gasteiger charge is 2.35. The van der Waals surface area contributed by atoms with Crippen molar-refractivity contribution in [3.8, 4) is 0 Å². The van der Waals surface area contributed by atoms with Gasteiger partial charge in [0.15, 0.2) is 0 Å². The monoisotopic (exact) mass is 307 g/mol. The largest absolute Gasteiger partial charge is 0.481 e. The van der Waals surface area contributed by atoms with E-state index in [-0.39, 0.29) is 19.4 Å². The van der Waals surface area contributed by atoms with Gasteiger partial charge in [-0.25, -0.2) is 0 Å². The molecule has 2 atom stereocenters. The Balaban J connectivity index is 1.89. The van der Waals surface area contributed by atoms with Crippen molar-refractivity contribution in [3.63, 3.8) is 0 Å². The lowest BCUT2D eigenvalue weighted by molar-refractivity contribution is -0.139. The number of aliphatic hydroxyl groups excluding tert-OH is 2. The topological polar surface area (TPSA) is 115 Å². The highest BCUT2D eigenvalue weighted by molar-refractivity contribution is 6.21. The number of carboxylic acids is 1. The Morgan fingerprint density at radius 1 is 1.05 bits per heavy atom. The van der Waals surface area contributed by atoms with Crippen LogP contribution < -0.4 is 0 Å². The second kappa shape index (κ2) is 6.67. The van der Waals surface area contributed by atoms with Crippen LogP contribution in [0, 0.1) is 0 Å². The number of aliphatic hydroxyl groups is 2. The number of aliphatic carboxylic acids is 1. The molecule has 0 aromatic heterocycles. The summed E-state index contributed by atoms with van der Waals surface area (Å²) in [4.78, 5) is 35.7. The predicted molar refractivity (Wildman–Crippen MR) is 75.3 cm³/mol. The number of rotatable bonds is 7. The fourth-order valence-electron chi connectivity index (χ4n) is 2.44. The van der Waals surface area contributed by atoms with Crippen molar-refractivity contribution in [3.05, 3.63) is 35.4 Å². The molecule has 22 heavy (non-hydrogen) atoms. The molecule has 2 rings (SSSR count). The molecule has 0 bridgehead atoms. The van der Waals surface area contributed by atoms with Gasteiger partial charge in [0.1, 0.15) is 0 Å². The zero-order chi connectivity index (χ0) is 16.3.